The Labute approximate surface area is 128 Å². The predicted octanol–water partition coefficient (Wildman–Crippen LogP) is 4.61. The second kappa shape index (κ2) is 5.36. The summed E-state index contributed by atoms with van der Waals surface area (Å²) in [6.07, 6.45) is -0.753. The van der Waals surface area contributed by atoms with E-state index < -0.39 is 11.7 Å². The third-order valence-electron chi connectivity index (χ3n) is 3.69. The Morgan fingerprint density at radius 1 is 0.905 bits per heavy atom. The monoisotopic (exact) mass is 291 g/mol. The van der Waals surface area contributed by atoms with Gasteiger partial charge in [0.25, 0.3) is 0 Å². The summed E-state index contributed by atoms with van der Waals surface area (Å²) in [6, 6.07) is 6.31. The first-order chi connectivity index (χ1) is 9.25. The van der Waals surface area contributed by atoms with E-state index in [1.54, 1.807) is 0 Å². The molecule has 0 atom stereocenters. The molecule has 1 rings (SSSR count). The van der Waals surface area contributed by atoms with E-state index in [9.17, 15) is 4.79 Å². The number of primary amides is 1. The molecule has 0 aliphatic heterocycles. The molecule has 118 valence electrons. The molecule has 2 N–H and O–H groups in total. The van der Waals surface area contributed by atoms with Gasteiger partial charge in [-0.05, 0) is 41.4 Å². The van der Waals surface area contributed by atoms with Gasteiger partial charge in [0.1, 0.15) is 5.60 Å². The number of benzene rings is 1. The zero-order valence-corrected chi connectivity index (χ0v) is 14.6. The maximum absolute atomic E-state index is 11.1. The van der Waals surface area contributed by atoms with Gasteiger partial charge in [0, 0.05) is 0 Å². The molecule has 0 aliphatic rings. The van der Waals surface area contributed by atoms with E-state index in [0.717, 1.165) is 5.56 Å². The van der Waals surface area contributed by atoms with E-state index in [0.29, 0.717) is 0 Å². The third-order valence-corrected chi connectivity index (χ3v) is 3.69. The minimum atomic E-state index is -0.753. The van der Waals surface area contributed by atoms with Gasteiger partial charge in [-0.3, -0.25) is 0 Å². The maximum atomic E-state index is 11.1. The van der Waals surface area contributed by atoms with Crippen molar-refractivity contribution in [2.24, 2.45) is 5.73 Å². The van der Waals surface area contributed by atoms with Gasteiger partial charge in [0.15, 0.2) is 0 Å². The van der Waals surface area contributed by atoms with Crippen LogP contribution in [0, 0.1) is 0 Å². The molecule has 3 nitrogen and oxygen atoms in total. The molecule has 0 aromatic heterocycles. The molecular weight excluding hydrogens is 262 g/mol. The Balaban J connectivity index is 3.45. The molecule has 0 aliphatic carbocycles. The van der Waals surface area contributed by atoms with Crippen LogP contribution in [0.15, 0.2) is 18.2 Å². The fourth-order valence-corrected chi connectivity index (χ4v) is 2.50. The summed E-state index contributed by atoms with van der Waals surface area (Å²) in [6.45, 7) is 16.9. The lowest BCUT2D eigenvalue weighted by atomic mass is 9.74. The Morgan fingerprint density at radius 3 is 1.76 bits per heavy atom. The van der Waals surface area contributed by atoms with Crippen LogP contribution in [0.5, 0.6) is 0 Å². The fraction of sp³-hybridized carbons (Fsp3) is 0.611. The van der Waals surface area contributed by atoms with Gasteiger partial charge in [0.2, 0.25) is 0 Å². The van der Waals surface area contributed by atoms with Crippen molar-refractivity contribution in [3.05, 3.63) is 34.9 Å². The molecule has 0 saturated heterocycles. The number of carbonyl (C=O) groups is 1. The minimum absolute atomic E-state index is 0.0153. The summed E-state index contributed by atoms with van der Waals surface area (Å²) < 4.78 is 5.26. The molecule has 0 saturated carbocycles. The smallest absolute Gasteiger partial charge is 0.405 e. The Hall–Kier alpha value is -1.51. The fourth-order valence-electron chi connectivity index (χ4n) is 2.50. The molecule has 0 unspecified atom stereocenters. The van der Waals surface area contributed by atoms with E-state index in [-0.39, 0.29) is 10.8 Å². The lowest BCUT2D eigenvalue weighted by Gasteiger charge is -2.33. The summed E-state index contributed by atoms with van der Waals surface area (Å²) >= 11 is 0. The van der Waals surface area contributed by atoms with Crippen LogP contribution >= 0.6 is 0 Å². The molecule has 0 spiro atoms. The van der Waals surface area contributed by atoms with Crippen molar-refractivity contribution in [3.63, 3.8) is 0 Å². The number of hydrogen-bond donors (Lipinski definition) is 1. The van der Waals surface area contributed by atoms with Crippen molar-refractivity contribution in [1.29, 1.82) is 0 Å². The van der Waals surface area contributed by atoms with Crippen LogP contribution in [0.3, 0.4) is 0 Å². The third kappa shape index (κ3) is 4.23. The van der Waals surface area contributed by atoms with Crippen molar-refractivity contribution in [1.82, 2.24) is 0 Å². The van der Waals surface area contributed by atoms with Gasteiger partial charge in [-0.1, -0.05) is 59.7 Å². The van der Waals surface area contributed by atoms with Crippen LogP contribution in [0.2, 0.25) is 0 Å². The van der Waals surface area contributed by atoms with E-state index in [1.165, 1.54) is 11.1 Å². The Kier molecular flexibility index (Phi) is 4.48. The van der Waals surface area contributed by atoms with Crippen LogP contribution in [-0.2, 0) is 21.2 Å². The molecule has 0 bridgehead atoms. The molecule has 1 amide bonds. The quantitative estimate of drug-likeness (QED) is 0.865. The standard InChI is InChI=1S/C18H29NO2/c1-16(2,3)13-10-9-12(11-14(13)17(4,5)6)18(7,8)21-15(19)20/h9-11H,1-8H3,(H2,19,20). The maximum Gasteiger partial charge on any atom is 0.405 e. The summed E-state index contributed by atoms with van der Waals surface area (Å²) in [5, 5.41) is 0. The number of amides is 1. The normalized spacial score (nSPS) is 13.1. The second-order valence-corrected chi connectivity index (χ2v) is 8.19. The predicted molar refractivity (Wildman–Crippen MR) is 87.5 cm³/mol. The van der Waals surface area contributed by atoms with Crippen molar-refractivity contribution in [2.75, 3.05) is 0 Å². The van der Waals surface area contributed by atoms with E-state index in [1.807, 2.05) is 19.9 Å². The number of hydrogen-bond acceptors (Lipinski definition) is 2. The highest BCUT2D eigenvalue weighted by atomic mass is 16.6. The van der Waals surface area contributed by atoms with Gasteiger partial charge in [-0.2, -0.15) is 0 Å². The highest BCUT2D eigenvalue weighted by molar-refractivity contribution is 5.65. The highest BCUT2D eigenvalue weighted by Crippen LogP contribution is 2.37. The molecule has 21 heavy (non-hydrogen) atoms. The first kappa shape index (κ1) is 17.5. The second-order valence-electron chi connectivity index (χ2n) is 8.19. The van der Waals surface area contributed by atoms with Gasteiger partial charge >= 0.3 is 6.09 Å². The molecular formula is C18H29NO2. The molecule has 1 aromatic carbocycles. The summed E-state index contributed by atoms with van der Waals surface area (Å²) in [7, 11) is 0. The first-order valence-corrected chi connectivity index (χ1v) is 7.39. The van der Waals surface area contributed by atoms with E-state index in [2.05, 4.69) is 53.7 Å². The number of ether oxygens (including phenoxy) is 1. The summed E-state index contributed by atoms with van der Waals surface area (Å²) in [5.41, 5.74) is 8.07. The molecule has 3 heteroatoms. The van der Waals surface area contributed by atoms with Crippen molar-refractivity contribution in [2.45, 2.75) is 71.8 Å². The van der Waals surface area contributed by atoms with E-state index in [4.69, 9.17) is 10.5 Å². The number of carbonyl (C=O) groups excluding carboxylic acids is 1. The van der Waals surface area contributed by atoms with Gasteiger partial charge in [-0.25, -0.2) is 4.79 Å². The van der Waals surface area contributed by atoms with Crippen LogP contribution in [-0.4, -0.2) is 6.09 Å². The SMILES string of the molecule is CC(C)(C)c1ccc(C(C)(C)OC(N)=O)cc1C(C)(C)C. The molecule has 0 radical (unpaired) electrons. The minimum Gasteiger partial charge on any atom is -0.439 e. The highest BCUT2D eigenvalue weighted by Gasteiger charge is 2.30. The van der Waals surface area contributed by atoms with Gasteiger partial charge in [-0.15, -0.1) is 0 Å². The number of rotatable bonds is 2. The molecule has 1 aromatic rings. The Bertz CT molecular complexity index is 531. The largest absolute Gasteiger partial charge is 0.439 e. The topological polar surface area (TPSA) is 52.3 Å². The molecule has 0 fully saturated rings. The van der Waals surface area contributed by atoms with E-state index >= 15 is 0 Å². The molecule has 0 heterocycles. The lowest BCUT2D eigenvalue weighted by molar-refractivity contribution is 0.0431. The van der Waals surface area contributed by atoms with Crippen LogP contribution in [0.4, 0.5) is 4.79 Å². The van der Waals surface area contributed by atoms with Crippen LogP contribution < -0.4 is 5.73 Å². The number of nitrogens with two attached hydrogens (primary N) is 1. The van der Waals surface area contributed by atoms with Crippen molar-refractivity contribution < 1.29 is 9.53 Å². The van der Waals surface area contributed by atoms with Crippen molar-refractivity contribution in [3.8, 4) is 0 Å². The van der Waals surface area contributed by atoms with Crippen LogP contribution in [0.1, 0.15) is 72.1 Å². The zero-order chi connectivity index (χ0) is 16.6. The zero-order valence-electron chi connectivity index (χ0n) is 14.6. The first-order valence-electron chi connectivity index (χ1n) is 7.39. The van der Waals surface area contributed by atoms with Crippen LogP contribution in [0.25, 0.3) is 0 Å². The Morgan fingerprint density at radius 2 is 1.38 bits per heavy atom. The van der Waals surface area contributed by atoms with Gasteiger partial charge in [0.05, 0.1) is 0 Å². The lowest BCUT2D eigenvalue weighted by Crippen LogP contribution is -2.30. The summed E-state index contributed by atoms with van der Waals surface area (Å²) in [4.78, 5) is 11.1. The summed E-state index contributed by atoms with van der Waals surface area (Å²) in [5.74, 6) is 0. The van der Waals surface area contributed by atoms with Gasteiger partial charge < -0.3 is 10.5 Å². The van der Waals surface area contributed by atoms with Crippen molar-refractivity contribution >= 4 is 6.09 Å². The average Bonchev–Trinajstić information content (AvgIpc) is 2.24. The average molecular weight is 291 g/mol.